The minimum absolute atomic E-state index is 0.291. The van der Waals surface area contributed by atoms with E-state index in [-0.39, 0.29) is 5.91 Å². The predicted molar refractivity (Wildman–Crippen MR) is 389 cm³/mol. The van der Waals surface area contributed by atoms with E-state index in [0.29, 0.717) is 145 Å². The molecule has 4 aromatic heterocycles. The lowest BCUT2D eigenvalue weighted by atomic mass is 10.0. The SMILES string of the molecule is CC(C)C[C@@H](Nc1ccc(C#N)c(Br)c1)C(N)=O.Cc1cc(N)on1.Cc1cc(Nc2cc(N[C@H](CC(C)C)C(N)=O)ccc2C#N)on1.Cc1cc(Nc2cc(N[C@H](CC(C)C)C(N)=O)ccc2C(N)=O)on1.Cc1cc(Nc2cc(N[C@H](CC(C)C)C(N)=O)ccc2C(N)=O)on1.OO. The van der Waals surface area contributed by atoms with Gasteiger partial charge in [-0.3, -0.25) is 39.3 Å². The van der Waals surface area contributed by atoms with E-state index in [4.69, 9.17) is 69.5 Å². The molecule has 4 aromatic carbocycles. The van der Waals surface area contributed by atoms with Gasteiger partial charge in [0.1, 0.15) is 36.3 Å². The van der Waals surface area contributed by atoms with Gasteiger partial charge < -0.3 is 95.4 Å². The fraction of sp³-hybridized carbons (Fsp3) is 0.353. The lowest BCUT2D eigenvalue weighted by Crippen LogP contribution is -2.36. The van der Waals surface area contributed by atoms with Crippen LogP contribution in [0.4, 0.5) is 63.3 Å². The number of nitrogens with zero attached hydrogens (tertiary/aromatic N) is 6. The van der Waals surface area contributed by atoms with Crippen LogP contribution in [-0.4, -0.2) is 90.8 Å². The van der Waals surface area contributed by atoms with Crippen LogP contribution < -0.4 is 77.4 Å². The van der Waals surface area contributed by atoms with Crippen molar-refractivity contribution in [2.24, 2.45) is 58.1 Å². The van der Waals surface area contributed by atoms with Crippen LogP contribution in [0.5, 0.6) is 0 Å². The molecule has 0 unspecified atom stereocenters. The number of carbonyl (C=O) groups excluding carboxylic acids is 6. The monoisotopic (exact) mass is 1460 g/mol. The van der Waals surface area contributed by atoms with Crippen LogP contribution in [0.15, 0.2) is 120 Å². The van der Waals surface area contributed by atoms with E-state index in [9.17, 15) is 34.0 Å². The molecule has 0 spiro atoms. The first-order valence-electron chi connectivity index (χ1n) is 31.5. The second kappa shape index (κ2) is 41.5. The van der Waals surface area contributed by atoms with Gasteiger partial charge in [-0.1, -0.05) is 76.0 Å². The van der Waals surface area contributed by atoms with E-state index in [1.54, 1.807) is 118 Å². The van der Waals surface area contributed by atoms with Gasteiger partial charge in [0, 0.05) is 51.5 Å². The molecule has 542 valence electrons. The summed E-state index contributed by atoms with van der Waals surface area (Å²) in [6.07, 6.45) is 2.49. The molecule has 8 aromatic rings. The van der Waals surface area contributed by atoms with Crippen LogP contribution in [0.3, 0.4) is 0 Å². The molecule has 0 bridgehead atoms. The molecule has 32 nitrogen and oxygen atoms in total. The van der Waals surface area contributed by atoms with Crippen LogP contribution in [0.2, 0.25) is 0 Å². The number of anilines is 11. The number of nitrogen functional groups attached to an aromatic ring is 1. The summed E-state index contributed by atoms with van der Waals surface area (Å²) in [4.78, 5) is 69.5. The maximum Gasteiger partial charge on any atom is 0.250 e. The minimum Gasteiger partial charge on any atom is -0.374 e. The molecule has 0 radical (unpaired) electrons. The van der Waals surface area contributed by atoms with Crippen molar-refractivity contribution < 1.29 is 57.4 Å². The van der Waals surface area contributed by atoms with Gasteiger partial charge in [-0.2, -0.15) is 10.5 Å². The van der Waals surface area contributed by atoms with Crippen LogP contribution in [0, 0.1) is 74.0 Å². The third-order valence-corrected chi connectivity index (χ3v) is 14.3. The molecule has 0 saturated carbocycles. The van der Waals surface area contributed by atoms with Crippen LogP contribution >= 0.6 is 15.9 Å². The molecule has 4 heterocycles. The van der Waals surface area contributed by atoms with E-state index in [2.05, 4.69) is 90.4 Å². The van der Waals surface area contributed by atoms with Crippen LogP contribution in [-0.2, 0) is 19.2 Å². The highest BCUT2D eigenvalue weighted by atomic mass is 79.9. The molecule has 101 heavy (non-hydrogen) atoms. The van der Waals surface area contributed by atoms with E-state index in [1.807, 2.05) is 62.3 Å². The fourth-order valence-corrected chi connectivity index (χ4v) is 9.63. The number of hydrogen-bond donors (Lipinski definition) is 16. The van der Waals surface area contributed by atoms with Gasteiger partial charge in [0.25, 0.3) is 11.8 Å². The third kappa shape index (κ3) is 29.9. The number of aromatic nitrogens is 4. The summed E-state index contributed by atoms with van der Waals surface area (Å²) in [6.45, 7) is 23.3. The summed E-state index contributed by atoms with van der Waals surface area (Å²) in [5.74, 6) is 0.0367. The van der Waals surface area contributed by atoms with Crippen molar-refractivity contribution in [3.8, 4) is 12.1 Å². The first-order chi connectivity index (χ1) is 47.6. The van der Waals surface area contributed by atoms with E-state index in [0.717, 1.165) is 17.1 Å². The van der Waals surface area contributed by atoms with Gasteiger partial charge in [0.15, 0.2) is 0 Å². The lowest BCUT2D eigenvalue weighted by Gasteiger charge is -2.19. The Morgan fingerprint density at radius 1 is 0.426 bits per heavy atom. The standard InChI is InChI=1S/2C17H23N5O3.C17H21N5O2.C13H16BrN3O.C4H6N2O.H2O2/c2*1-9(2)6-14(17(19)24)20-11-4-5-12(16(18)23)13(8-11)21-15-7-10(3)22-25-15;1-10(2)6-15(17(19)23)20-13-5-4-12(9-18)14(8-13)21-16-7-11(3)22-24-16;1-8(2)5-12(13(16)18)17-10-4-3-9(7-15)11(14)6-10;1-3-2-4(5)7-6-3;1-2/h2*4-5,7-9,14,20-21H,6H2,1-3H3,(H2,18,23)(H2,19,24);4-5,7-8,10,15,20-21H,6H2,1-3H3,(H2,19,23);3-4,6,8,12,17H,5H2,1-2H3,(H2,16,18);2H,5H2,1H3;1-2H/t2*14-;15-;12-;;/m1111../s1. The van der Waals surface area contributed by atoms with Crippen LogP contribution in [0.1, 0.15) is 136 Å². The van der Waals surface area contributed by atoms with Crippen molar-refractivity contribution in [2.75, 3.05) is 43.0 Å². The van der Waals surface area contributed by atoms with E-state index in [1.165, 1.54) is 0 Å². The second-order valence-electron chi connectivity index (χ2n) is 24.6. The van der Waals surface area contributed by atoms with Crippen molar-refractivity contribution in [1.82, 2.24) is 20.6 Å². The quantitative estimate of drug-likeness (QED) is 0.0160. The number of rotatable bonds is 28. The maximum absolute atomic E-state index is 11.6. The average Bonchev–Trinajstić information content (AvgIpc) is 1.70. The summed E-state index contributed by atoms with van der Waals surface area (Å²) in [6, 6.07) is 29.3. The summed E-state index contributed by atoms with van der Waals surface area (Å²) < 4.78 is 20.5. The van der Waals surface area contributed by atoms with Gasteiger partial charge in [0.2, 0.25) is 47.2 Å². The minimum atomic E-state index is -0.584. The Bertz CT molecular complexity index is 3950. The number of halogens is 1. The van der Waals surface area contributed by atoms with E-state index >= 15 is 0 Å². The molecule has 8 rings (SSSR count). The Labute approximate surface area is 593 Å². The highest BCUT2D eigenvalue weighted by molar-refractivity contribution is 9.10. The fourth-order valence-electron chi connectivity index (χ4n) is 9.16. The predicted octanol–water partition coefficient (Wildman–Crippen LogP) is 10.4. The van der Waals surface area contributed by atoms with Gasteiger partial charge in [0.05, 0.1) is 62.1 Å². The first kappa shape index (κ1) is 83.5. The molecular weight excluding hydrogens is 1370 g/mol. The zero-order chi connectivity index (χ0) is 75.8. The molecule has 0 aliphatic rings. The van der Waals surface area contributed by atoms with Crippen molar-refractivity contribution in [3.05, 3.63) is 147 Å². The number of nitrogens with two attached hydrogens (primary N) is 7. The largest absolute Gasteiger partial charge is 0.374 e. The molecule has 4 atom stereocenters. The number of hydrogen-bond acceptors (Lipinski definition) is 26. The average molecular weight is 1460 g/mol. The highest BCUT2D eigenvalue weighted by Gasteiger charge is 2.23. The number of benzene rings is 4. The summed E-state index contributed by atoms with van der Waals surface area (Å²) in [5, 5.41) is 66.3. The van der Waals surface area contributed by atoms with Gasteiger partial charge >= 0.3 is 0 Å². The number of amides is 6. The van der Waals surface area contributed by atoms with Crippen molar-refractivity contribution in [1.29, 1.82) is 10.5 Å². The first-order valence-corrected chi connectivity index (χ1v) is 32.3. The number of nitriles is 2. The van der Waals surface area contributed by atoms with Gasteiger partial charge in [-0.05, 0) is 166 Å². The Morgan fingerprint density at radius 3 is 0.941 bits per heavy atom. The molecule has 23 N–H and O–H groups in total. The van der Waals surface area contributed by atoms with Gasteiger partial charge in [-0.15, -0.1) is 0 Å². The maximum atomic E-state index is 11.6. The molecule has 6 amide bonds. The molecular formula is C68H91BrN20O12. The Hall–Kier alpha value is -11.7. The molecule has 33 heteroatoms. The number of carbonyl (C=O) groups is 6. The normalized spacial score (nSPS) is 11.6. The smallest absolute Gasteiger partial charge is 0.250 e. The van der Waals surface area contributed by atoms with Crippen molar-refractivity contribution >= 4 is 115 Å². The zero-order valence-electron chi connectivity index (χ0n) is 58.3. The second-order valence-corrected chi connectivity index (χ2v) is 25.4. The van der Waals surface area contributed by atoms with Crippen LogP contribution in [0.25, 0.3) is 0 Å². The summed E-state index contributed by atoms with van der Waals surface area (Å²) in [5.41, 5.74) is 46.4. The highest BCUT2D eigenvalue weighted by Crippen LogP contribution is 2.30. The molecule has 0 aliphatic carbocycles. The van der Waals surface area contributed by atoms with Crippen molar-refractivity contribution in [2.45, 2.75) is 133 Å². The molecule has 0 fully saturated rings. The molecule has 0 aliphatic heterocycles. The number of primary amides is 6. The topological polar surface area (TPSA) is 561 Å². The Balaban J connectivity index is 0.000000337. The number of nitrogens with one attached hydrogen (secondary N) is 7. The summed E-state index contributed by atoms with van der Waals surface area (Å²) in [7, 11) is 0. The van der Waals surface area contributed by atoms with Crippen molar-refractivity contribution in [3.63, 3.8) is 0 Å². The third-order valence-electron chi connectivity index (χ3n) is 13.7. The number of aryl methyl sites for hydroxylation is 4. The lowest BCUT2D eigenvalue weighted by molar-refractivity contribution is -0.176. The van der Waals surface area contributed by atoms with E-state index < -0.39 is 53.7 Å². The Morgan fingerprint density at radius 2 is 0.703 bits per heavy atom. The summed E-state index contributed by atoms with van der Waals surface area (Å²) >= 11 is 3.31. The zero-order valence-corrected chi connectivity index (χ0v) is 59.9. The molecule has 0 saturated heterocycles. The van der Waals surface area contributed by atoms with Gasteiger partial charge in [-0.25, -0.2) is 0 Å². The Kier molecular flexibility index (Phi) is 34.4.